The van der Waals surface area contributed by atoms with Gasteiger partial charge in [-0.1, -0.05) is 57.8 Å². The lowest BCUT2D eigenvalue weighted by Gasteiger charge is -2.37. The third kappa shape index (κ3) is 3.23. The highest BCUT2D eigenvalue weighted by atomic mass is 16.2. The highest BCUT2D eigenvalue weighted by Crippen LogP contribution is 2.27. The zero-order valence-electron chi connectivity index (χ0n) is 10.3. The van der Waals surface area contributed by atoms with Crippen LogP contribution in [0.2, 0.25) is 0 Å². The molecule has 0 spiro atoms. The van der Waals surface area contributed by atoms with Crippen molar-refractivity contribution in [1.82, 2.24) is 5.32 Å². The van der Waals surface area contributed by atoms with Crippen molar-refractivity contribution < 1.29 is 4.79 Å². The van der Waals surface area contributed by atoms with Crippen LogP contribution in [-0.4, -0.2) is 11.9 Å². The summed E-state index contributed by atoms with van der Waals surface area (Å²) in [6, 6.07) is 0.522. The van der Waals surface area contributed by atoms with Gasteiger partial charge in [0.25, 0.3) is 0 Å². The minimum Gasteiger partial charge on any atom is -0.352 e. The molecule has 0 aromatic rings. The van der Waals surface area contributed by atoms with Crippen LogP contribution in [0.25, 0.3) is 0 Å². The summed E-state index contributed by atoms with van der Waals surface area (Å²) < 4.78 is 0. The van der Waals surface area contributed by atoms with E-state index in [9.17, 15) is 4.79 Å². The maximum Gasteiger partial charge on any atom is 0.225 e. The summed E-state index contributed by atoms with van der Waals surface area (Å²) in [6.45, 7) is 0. The second-order valence-electron chi connectivity index (χ2n) is 5.48. The third-order valence-corrected chi connectivity index (χ3v) is 4.18. The van der Waals surface area contributed by atoms with Crippen molar-refractivity contribution in [3.8, 4) is 0 Å². The molecule has 92 valence electrons. The van der Waals surface area contributed by atoms with E-state index in [1.807, 2.05) is 0 Å². The fourth-order valence-corrected chi connectivity index (χ4v) is 3.05. The van der Waals surface area contributed by atoms with Gasteiger partial charge in [-0.2, -0.15) is 0 Å². The van der Waals surface area contributed by atoms with Crippen molar-refractivity contribution in [2.45, 2.75) is 76.7 Å². The second kappa shape index (κ2) is 6.27. The zero-order valence-corrected chi connectivity index (χ0v) is 10.3. The minimum absolute atomic E-state index is 0.319. The fraction of sp³-hybridized carbons (Fsp3) is 0.929. The van der Waals surface area contributed by atoms with Crippen LogP contribution in [0.5, 0.6) is 0 Å². The molecule has 0 aromatic heterocycles. The van der Waals surface area contributed by atoms with Crippen molar-refractivity contribution in [3.63, 3.8) is 0 Å². The van der Waals surface area contributed by atoms with Crippen molar-refractivity contribution >= 4 is 5.91 Å². The van der Waals surface area contributed by atoms with E-state index < -0.39 is 0 Å². The van der Waals surface area contributed by atoms with Gasteiger partial charge in [-0.15, -0.1) is 0 Å². The Balaban J connectivity index is 1.76. The monoisotopic (exact) mass is 223 g/mol. The first-order valence-corrected chi connectivity index (χ1v) is 7.18. The number of hydrogen-bond donors (Lipinski definition) is 1. The predicted octanol–water partition coefficient (Wildman–Crippen LogP) is 3.41. The van der Waals surface area contributed by atoms with Crippen LogP contribution >= 0.6 is 0 Å². The summed E-state index contributed by atoms with van der Waals surface area (Å²) in [6.07, 6.45) is 14.6. The van der Waals surface area contributed by atoms with Gasteiger partial charge in [0.1, 0.15) is 0 Å². The molecule has 1 saturated carbocycles. The Hall–Kier alpha value is -0.530. The number of carbonyl (C=O) groups is 1. The molecule has 1 aliphatic carbocycles. The first kappa shape index (κ1) is 11.9. The maximum absolute atomic E-state index is 11.4. The molecule has 1 heterocycles. The van der Waals surface area contributed by atoms with Gasteiger partial charge >= 0.3 is 0 Å². The van der Waals surface area contributed by atoms with Crippen molar-refractivity contribution in [2.75, 3.05) is 0 Å². The van der Waals surface area contributed by atoms with E-state index in [0.29, 0.717) is 17.9 Å². The lowest BCUT2D eigenvalue weighted by Crippen LogP contribution is -2.57. The first-order valence-electron chi connectivity index (χ1n) is 7.18. The number of hydrogen-bond acceptors (Lipinski definition) is 1. The molecule has 2 fully saturated rings. The van der Waals surface area contributed by atoms with Gasteiger partial charge in [0.05, 0.1) is 5.92 Å². The van der Waals surface area contributed by atoms with Gasteiger partial charge < -0.3 is 5.32 Å². The molecule has 2 rings (SSSR count). The van der Waals surface area contributed by atoms with Gasteiger partial charge in [-0.25, -0.2) is 0 Å². The topological polar surface area (TPSA) is 29.1 Å². The number of rotatable bonds is 0. The summed E-state index contributed by atoms with van der Waals surface area (Å²) in [5.74, 6) is 0.681. The van der Waals surface area contributed by atoms with E-state index >= 15 is 0 Å². The van der Waals surface area contributed by atoms with Crippen LogP contribution in [-0.2, 0) is 4.79 Å². The van der Waals surface area contributed by atoms with Crippen LogP contribution in [0.4, 0.5) is 0 Å². The van der Waals surface area contributed by atoms with E-state index in [-0.39, 0.29) is 0 Å². The van der Waals surface area contributed by atoms with Crippen LogP contribution in [0.3, 0.4) is 0 Å². The number of nitrogens with one attached hydrogen (secondary N) is 1. The SMILES string of the molecule is O=C1NC2CCCCCCCCCCCC12. The average molecular weight is 223 g/mol. The Morgan fingerprint density at radius 2 is 1.25 bits per heavy atom. The fourth-order valence-electron chi connectivity index (χ4n) is 3.05. The molecule has 0 bridgehead atoms. The summed E-state index contributed by atoms with van der Waals surface area (Å²) in [5.41, 5.74) is 0. The number of carbonyl (C=O) groups excluding carboxylic acids is 1. The molecule has 2 heteroatoms. The number of fused-ring (bicyclic) bond motifs is 1. The summed E-state index contributed by atoms with van der Waals surface area (Å²) >= 11 is 0. The molecule has 1 amide bonds. The zero-order chi connectivity index (χ0) is 11.2. The minimum atomic E-state index is 0.319. The smallest absolute Gasteiger partial charge is 0.225 e. The Kier molecular flexibility index (Phi) is 4.68. The molecule has 1 saturated heterocycles. The van der Waals surface area contributed by atoms with Crippen molar-refractivity contribution in [2.24, 2.45) is 5.92 Å². The second-order valence-corrected chi connectivity index (χ2v) is 5.48. The molecule has 2 aliphatic rings. The van der Waals surface area contributed by atoms with E-state index in [2.05, 4.69) is 5.32 Å². The summed E-state index contributed by atoms with van der Waals surface area (Å²) in [5, 5.41) is 3.07. The lowest BCUT2D eigenvalue weighted by atomic mass is 9.83. The molecule has 16 heavy (non-hydrogen) atoms. The largest absolute Gasteiger partial charge is 0.352 e. The standard InChI is InChI=1S/C14H25NO/c16-14-12-10-8-6-4-2-1-3-5-7-9-11-13(12)15-14/h12-13H,1-11H2,(H,15,16). The molecule has 1 N–H and O–H groups in total. The maximum atomic E-state index is 11.4. The van der Waals surface area contributed by atoms with Gasteiger partial charge in [0.2, 0.25) is 5.91 Å². The van der Waals surface area contributed by atoms with Crippen molar-refractivity contribution in [3.05, 3.63) is 0 Å². The van der Waals surface area contributed by atoms with Gasteiger partial charge in [0.15, 0.2) is 0 Å². The normalized spacial score (nSPS) is 33.4. The Bertz CT molecular complexity index is 227. The Morgan fingerprint density at radius 1 is 0.750 bits per heavy atom. The summed E-state index contributed by atoms with van der Waals surface area (Å²) in [7, 11) is 0. The van der Waals surface area contributed by atoms with E-state index in [4.69, 9.17) is 0 Å². The molecule has 2 atom stereocenters. The molecule has 0 aromatic carbocycles. The Morgan fingerprint density at radius 3 is 1.81 bits per heavy atom. The highest BCUT2D eigenvalue weighted by molar-refractivity contribution is 5.85. The van der Waals surface area contributed by atoms with E-state index in [1.165, 1.54) is 64.2 Å². The van der Waals surface area contributed by atoms with Crippen LogP contribution in [0.1, 0.15) is 70.6 Å². The molecule has 2 nitrogen and oxygen atoms in total. The predicted molar refractivity (Wildman–Crippen MR) is 66.2 cm³/mol. The quantitative estimate of drug-likeness (QED) is 0.626. The van der Waals surface area contributed by atoms with Crippen LogP contribution < -0.4 is 5.32 Å². The molecule has 2 unspecified atom stereocenters. The lowest BCUT2D eigenvalue weighted by molar-refractivity contribution is -0.135. The van der Waals surface area contributed by atoms with Gasteiger partial charge in [-0.05, 0) is 12.8 Å². The molecule has 1 aliphatic heterocycles. The average Bonchev–Trinajstić information content (AvgIpc) is 2.29. The van der Waals surface area contributed by atoms with Crippen LogP contribution in [0, 0.1) is 5.92 Å². The summed E-state index contributed by atoms with van der Waals surface area (Å²) in [4.78, 5) is 11.4. The number of β-lactam (4-membered cyclic amide) rings is 1. The molecule has 0 radical (unpaired) electrons. The van der Waals surface area contributed by atoms with E-state index in [1.54, 1.807) is 0 Å². The molecular formula is C14H25NO. The van der Waals surface area contributed by atoms with Gasteiger partial charge in [-0.3, -0.25) is 4.79 Å². The number of amides is 1. The van der Waals surface area contributed by atoms with Crippen molar-refractivity contribution in [1.29, 1.82) is 0 Å². The molecular weight excluding hydrogens is 198 g/mol. The van der Waals surface area contributed by atoms with Gasteiger partial charge in [0, 0.05) is 6.04 Å². The highest BCUT2D eigenvalue weighted by Gasteiger charge is 2.37. The van der Waals surface area contributed by atoms with Crippen LogP contribution in [0.15, 0.2) is 0 Å². The third-order valence-electron chi connectivity index (χ3n) is 4.18. The Labute approximate surface area is 99.2 Å². The van der Waals surface area contributed by atoms with E-state index in [0.717, 1.165) is 6.42 Å². The first-order chi connectivity index (χ1) is 7.88.